The summed E-state index contributed by atoms with van der Waals surface area (Å²) in [6, 6.07) is 9.69. The highest BCUT2D eigenvalue weighted by molar-refractivity contribution is 5.81. The van der Waals surface area contributed by atoms with E-state index in [0.29, 0.717) is 0 Å². The van der Waals surface area contributed by atoms with Crippen molar-refractivity contribution in [1.29, 1.82) is 0 Å². The Bertz CT molecular complexity index is 459. The van der Waals surface area contributed by atoms with Crippen LogP contribution in [0.5, 0.6) is 0 Å². The number of fused-ring (bicyclic) bond motifs is 1. The van der Waals surface area contributed by atoms with Crippen LogP contribution in [-0.2, 0) is 16.1 Å². The van der Waals surface area contributed by atoms with Crippen LogP contribution in [0, 0.1) is 6.20 Å². The second-order valence-corrected chi connectivity index (χ2v) is 2.99. The molecular weight excluding hydrogens is 178 g/mol. The first kappa shape index (κ1) is 8.81. The minimum atomic E-state index is -0.261. The number of para-hydroxylation sites is 1. The lowest BCUT2D eigenvalue weighted by Gasteiger charge is -2.02. The van der Waals surface area contributed by atoms with Crippen LogP contribution in [-0.4, -0.2) is 17.6 Å². The number of hydrogen-bond donors (Lipinski definition) is 0. The minimum absolute atomic E-state index is 0.212. The van der Waals surface area contributed by atoms with Crippen LogP contribution in [0.3, 0.4) is 0 Å². The maximum absolute atomic E-state index is 11.1. The van der Waals surface area contributed by atoms with Crippen LogP contribution in [0.25, 0.3) is 10.9 Å². The Morgan fingerprint density at radius 1 is 1.50 bits per heavy atom. The van der Waals surface area contributed by atoms with Crippen molar-refractivity contribution < 1.29 is 9.53 Å². The topological polar surface area (TPSA) is 31.2 Å². The van der Waals surface area contributed by atoms with Crippen molar-refractivity contribution in [2.24, 2.45) is 0 Å². The van der Waals surface area contributed by atoms with Gasteiger partial charge in [-0.1, -0.05) is 18.2 Å². The lowest BCUT2D eigenvalue weighted by molar-refractivity contribution is -0.141. The second-order valence-electron chi connectivity index (χ2n) is 2.99. The Hall–Kier alpha value is -1.77. The summed E-state index contributed by atoms with van der Waals surface area (Å²) in [5, 5.41) is 1.08. The van der Waals surface area contributed by atoms with Crippen LogP contribution in [0.4, 0.5) is 0 Å². The Morgan fingerprint density at radius 2 is 2.29 bits per heavy atom. The van der Waals surface area contributed by atoms with Crippen LogP contribution >= 0.6 is 0 Å². The van der Waals surface area contributed by atoms with E-state index in [0.717, 1.165) is 10.9 Å². The third kappa shape index (κ3) is 1.48. The molecule has 71 valence electrons. The second kappa shape index (κ2) is 3.54. The average molecular weight is 188 g/mol. The van der Waals surface area contributed by atoms with Gasteiger partial charge in [0.15, 0.2) is 0 Å². The lowest BCUT2D eigenvalue weighted by Crippen LogP contribution is -2.10. The van der Waals surface area contributed by atoms with Crippen molar-refractivity contribution >= 4 is 16.9 Å². The fourth-order valence-electron chi connectivity index (χ4n) is 1.40. The van der Waals surface area contributed by atoms with Gasteiger partial charge in [0, 0.05) is 10.9 Å². The Morgan fingerprint density at radius 3 is 3.07 bits per heavy atom. The summed E-state index contributed by atoms with van der Waals surface area (Å²) in [5.41, 5.74) is 0.998. The van der Waals surface area contributed by atoms with E-state index in [-0.39, 0.29) is 12.5 Å². The van der Waals surface area contributed by atoms with Gasteiger partial charge in [0.1, 0.15) is 6.54 Å². The molecule has 1 aromatic carbocycles. The van der Waals surface area contributed by atoms with Gasteiger partial charge in [0.25, 0.3) is 0 Å². The molecule has 1 heterocycles. The highest BCUT2D eigenvalue weighted by atomic mass is 16.5. The van der Waals surface area contributed by atoms with E-state index in [1.54, 1.807) is 4.57 Å². The summed E-state index contributed by atoms with van der Waals surface area (Å²) < 4.78 is 6.34. The van der Waals surface area contributed by atoms with Crippen molar-refractivity contribution in [1.82, 2.24) is 4.57 Å². The van der Waals surface area contributed by atoms with Crippen molar-refractivity contribution in [3.63, 3.8) is 0 Å². The summed E-state index contributed by atoms with van der Waals surface area (Å²) >= 11 is 0. The molecule has 0 aliphatic carbocycles. The zero-order valence-corrected chi connectivity index (χ0v) is 7.86. The van der Waals surface area contributed by atoms with Gasteiger partial charge in [0.2, 0.25) is 0 Å². The van der Waals surface area contributed by atoms with Gasteiger partial charge in [0.05, 0.1) is 13.3 Å². The number of aromatic nitrogens is 1. The maximum atomic E-state index is 11.1. The molecule has 0 bridgehead atoms. The predicted octanol–water partition coefficient (Wildman–Crippen LogP) is 1.61. The van der Waals surface area contributed by atoms with E-state index in [1.807, 2.05) is 30.3 Å². The van der Waals surface area contributed by atoms with Gasteiger partial charge in [-0.15, -0.1) is 0 Å². The molecule has 14 heavy (non-hydrogen) atoms. The lowest BCUT2D eigenvalue weighted by atomic mass is 10.2. The largest absolute Gasteiger partial charge is 0.468 e. The van der Waals surface area contributed by atoms with E-state index in [2.05, 4.69) is 10.9 Å². The first-order valence-electron chi connectivity index (χ1n) is 4.34. The van der Waals surface area contributed by atoms with Gasteiger partial charge < -0.3 is 9.30 Å². The molecule has 3 nitrogen and oxygen atoms in total. The molecule has 0 aliphatic rings. The van der Waals surface area contributed by atoms with Crippen LogP contribution < -0.4 is 0 Å². The molecule has 0 N–H and O–H groups in total. The smallest absolute Gasteiger partial charge is 0.325 e. The van der Waals surface area contributed by atoms with Gasteiger partial charge in [-0.3, -0.25) is 4.79 Å². The Balaban J connectivity index is 2.38. The normalized spacial score (nSPS) is 10.4. The molecule has 0 spiro atoms. The van der Waals surface area contributed by atoms with Crippen molar-refractivity contribution in [3.05, 3.63) is 36.5 Å². The van der Waals surface area contributed by atoms with Crippen LogP contribution in [0.2, 0.25) is 0 Å². The highest BCUT2D eigenvalue weighted by Crippen LogP contribution is 2.14. The zero-order chi connectivity index (χ0) is 9.97. The molecule has 0 unspecified atom stereocenters. The van der Waals surface area contributed by atoms with Gasteiger partial charge in [-0.05, 0) is 12.1 Å². The monoisotopic (exact) mass is 188 g/mol. The van der Waals surface area contributed by atoms with E-state index in [1.165, 1.54) is 7.11 Å². The van der Waals surface area contributed by atoms with Crippen molar-refractivity contribution in [3.8, 4) is 0 Å². The molecule has 1 radical (unpaired) electrons. The quantitative estimate of drug-likeness (QED) is 0.670. The molecule has 0 saturated heterocycles. The van der Waals surface area contributed by atoms with Gasteiger partial charge in [-0.2, -0.15) is 0 Å². The molecule has 0 atom stereocenters. The fraction of sp³-hybridized carbons (Fsp3) is 0.182. The van der Waals surface area contributed by atoms with E-state index >= 15 is 0 Å². The number of rotatable bonds is 2. The summed E-state index contributed by atoms with van der Waals surface area (Å²) in [6.45, 7) is 0.212. The summed E-state index contributed by atoms with van der Waals surface area (Å²) in [7, 11) is 1.38. The third-order valence-electron chi connectivity index (χ3n) is 2.12. The number of esters is 1. The number of carbonyl (C=O) groups excluding carboxylic acids is 1. The Labute approximate surface area is 81.9 Å². The van der Waals surface area contributed by atoms with Crippen LogP contribution in [0.1, 0.15) is 0 Å². The van der Waals surface area contributed by atoms with E-state index in [9.17, 15) is 4.79 Å². The summed E-state index contributed by atoms with van der Waals surface area (Å²) in [6.07, 6.45) is 2.99. The highest BCUT2D eigenvalue weighted by Gasteiger charge is 2.05. The van der Waals surface area contributed by atoms with Crippen molar-refractivity contribution in [2.45, 2.75) is 6.54 Å². The van der Waals surface area contributed by atoms with E-state index < -0.39 is 0 Å². The summed E-state index contributed by atoms with van der Waals surface area (Å²) in [4.78, 5) is 11.1. The predicted molar refractivity (Wildman–Crippen MR) is 52.8 cm³/mol. The van der Waals surface area contributed by atoms with E-state index in [4.69, 9.17) is 0 Å². The van der Waals surface area contributed by atoms with Crippen molar-refractivity contribution in [2.75, 3.05) is 7.11 Å². The first-order valence-corrected chi connectivity index (χ1v) is 4.34. The number of nitrogens with zero attached hydrogens (tertiary/aromatic N) is 1. The number of carbonyl (C=O) groups is 1. The molecule has 0 saturated carbocycles. The third-order valence-corrected chi connectivity index (χ3v) is 2.12. The number of ether oxygens (including phenoxy) is 1. The van der Waals surface area contributed by atoms with Gasteiger partial charge >= 0.3 is 5.97 Å². The maximum Gasteiger partial charge on any atom is 0.325 e. The SMILES string of the molecule is COC(=O)Cn1[c]cc2ccccc21. The molecular formula is C11H10NO2. The minimum Gasteiger partial charge on any atom is -0.468 e. The first-order chi connectivity index (χ1) is 6.81. The number of benzene rings is 1. The zero-order valence-electron chi connectivity index (χ0n) is 7.86. The molecule has 2 rings (SSSR count). The number of hydrogen-bond acceptors (Lipinski definition) is 2. The van der Waals surface area contributed by atoms with Gasteiger partial charge in [-0.25, -0.2) is 0 Å². The molecule has 1 aromatic heterocycles. The Kier molecular flexibility index (Phi) is 2.23. The molecule has 0 amide bonds. The molecule has 0 aliphatic heterocycles. The molecule has 0 fully saturated rings. The fourth-order valence-corrected chi connectivity index (χ4v) is 1.40. The van der Waals surface area contributed by atoms with Crippen LogP contribution in [0.15, 0.2) is 30.3 Å². The standard InChI is InChI=1S/C11H10NO2/c1-14-11(13)8-12-7-6-9-4-2-3-5-10(9)12/h2-6H,8H2,1H3. The summed E-state index contributed by atoms with van der Waals surface area (Å²) in [5.74, 6) is -0.261. The molecule has 3 heteroatoms. The number of methoxy groups -OCH3 is 1. The molecule has 2 aromatic rings. The average Bonchev–Trinajstić information content (AvgIpc) is 2.62.